The second-order valence-electron chi connectivity index (χ2n) is 12.2. The first-order valence-corrected chi connectivity index (χ1v) is 17.1. The fraction of sp³-hybridized carbons (Fsp3) is 0. The van der Waals surface area contributed by atoms with Crippen LogP contribution in [0.1, 0.15) is 0 Å². The normalized spacial score (nSPS) is 11.4. The highest BCUT2D eigenvalue weighted by Gasteiger charge is 2.35. The molecular formula is C45H32N5O2+. The third-order valence-electron chi connectivity index (χ3n) is 8.93. The van der Waals surface area contributed by atoms with Gasteiger partial charge in [0.15, 0.2) is 11.5 Å². The first-order chi connectivity index (χ1) is 25.8. The Bertz CT molecular complexity index is 2300. The minimum Gasteiger partial charge on any atom is -0.440 e. The van der Waals surface area contributed by atoms with Gasteiger partial charge in [-0.05, 0) is 94.7 Å². The molecule has 0 unspecified atom stereocenters. The third-order valence-corrected chi connectivity index (χ3v) is 8.93. The zero-order valence-electron chi connectivity index (χ0n) is 28.0. The molecule has 248 valence electrons. The molecule has 8 aromatic rings. The van der Waals surface area contributed by atoms with Crippen LogP contribution in [0.3, 0.4) is 0 Å². The highest BCUT2D eigenvalue weighted by atomic mass is 16.6. The number of aromatic nitrogens is 3. The number of hydrogen-bond acceptors (Lipinski definition) is 6. The standard InChI is InChI=1S/C45H32N5O2/c1-3-17-37(18-4-1)49(39-21-7-13-33(29-39)35-15-10-26-46-31-35)41-23-9-24-42-44(41)51-43-25-12-28-48(45(43)52-42)50(38-19-5-2-6-20-38)40-22-8-14-34(30-40)36-16-11-27-47-32-36/h1-32H/q+1. The van der Waals surface area contributed by atoms with Gasteiger partial charge in [0.1, 0.15) is 11.4 Å². The van der Waals surface area contributed by atoms with Crippen molar-refractivity contribution in [2.75, 3.05) is 9.91 Å². The van der Waals surface area contributed by atoms with E-state index in [0.29, 0.717) is 23.1 Å². The summed E-state index contributed by atoms with van der Waals surface area (Å²) < 4.78 is 15.7. The summed E-state index contributed by atoms with van der Waals surface area (Å²) in [4.78, 5) is 10.9. The summed E-state index contributed by atoms with van der Waals surface area (Å²) in [7, 11) is 0. The Morgan fingerprint density at radius 1 is 0.442 bits per heavy atom. The van der Waals surface area contributed by atoms with Gasteiger partial charge in [0.2, 0.25) is 11.9 Å². The average Bonchev–Trinajstić information content (AvgIpc) is 3.22. The van der Waals surface area contributed by atoms with Crippen molar-refractivity contribution < 1.29 is 14.1 Å². The van der Waals surface area contributed by atoms with Crippen LogP contribution in [0.4, 0.5) is 28.4 Å². The summed E-state index contributed by atoms with van der Waals surface area (Å²) in [5, 5.41) is 2.12. The second-order valence-corrected chi connectivity index (χ2v) is 12.2. The van der Waals surface area contributed by atoms with E-state index in [1.165, 1.54) is 0 Å². The van der Waals surface area contributed by atoms with Gasteiger partial charge in [-0.15, -0.1) is 5.01 Å². The predicted octanol–water partition coefficient (Wildman–Crippen LogP) is 11.1. The first-order valence-electron chi connectivity index (χ1n) is 17.1. The Kier molecular flexibility index (Phi) is 8.04. The van der Waals surface area contributed by atoms with Gasteiger partial charge in [-0.2, -0.15) is 0 Å². The molecule has 0 N–H and O–H groups in total. The number of para-hydroxylation sites is 3. The summed E-state index contributed by atoms with van der Waals surface area (Å²) in [5.41, 5.74) is 8.90. The molecule has 0 radical (unpaired) electrons. The first kappa shape index (κ1) is 30.8. The van der Waals surface area contributed by atoms with Crippen molar-refractivity contribution in [1.82, 2.24) is 9.97 Å². The zero-order chi connectivity index (χ0) is 34.7. The maximum atomic E-state index is 6.87. The molecule has 52 heavy (non-hydrogen) atoms. The van der Waals surface area contributed by atoms with Crippen molar-refractivity contribution in [2.45, 2.75) is 0 Å². The number of anilines is 5. The van der Waals surface area contributed by atoms with Crippen LogP contribution in [0.15, 0.2) is 195 Å². The fourth-order valence-electron chi connectivity index (χ4n) is 6.55. The van der Waals surface area contributed by atoms with Crippen LogP contribution in [0, 0.1) is 0 Å². The van der Waals surface area contributed by atoms with E-state index in [2.05, 4.69) is 111 Å². The number of rotatable bonds is 8. The summed E-state index contributed by atoms with van der Waals surface area (Å²) in [6.07, 6.45) is 9.32. The van der Waals surface area contributed by atoms with E-state index in [1.54, 1.807) is 12.4 Å². The predicted molar refractivity (Wildman–Crippen MR) is 205 cm³/mol. The molecule has 7 nitrogen and oxygen atoms in total. The monoisotopic (exact) mass is 674 g/mol. The van der Waals surface area contributed by atoms with Crippen LogP contribution in [-0.4, -0.2) is 9.97 Å². The van der Waals surface area contributed by atoms with Gasteiger partial charge in [0, 0.05) is 53.4 Å². The molecule has 0 atom stereocenters. The lowest BCUT2D eigenvalue weighted by Crippen LogP contribution is -2.52. The molecule has 3 aromatic heterocycles. The molecule has 1 aliphatic heterocycles. The van der Waals surface area contributed by atoms with Gasteiger partial charge in [-0.3, -0.25) is 9.97 Å². The van der Waals surface area contributed by atoms with Gasteiger partial charge >= 0.3 is 5.88 Å². The van der Waals surface area contributed by atoms with Crippen molar-refractivity contribution in [3.63, 3.8) is 0 Å². The maximum Gasteiger partial charge on any atom is 0.447 e. The number of nitrogens with zero attached hydrogens (tertiary/aromatic N) is 5. The van der Waals surface area contributed by atoms with Gasteiger partial charge in [0.05, 0.1) is 5.69 Å². The van der Waals surface area contributed by atoms with E-state index >= 15 is 0 Å². The number of fused-ring (bicyclic) bond motifs is 2. The summed E-state index contributed by atoms with van der Waals surface area (Å²) in [6, 6.07) is 55.4. The van der Waals surface area contributed by atoms with Crippen molar-refractivity contribution in [2.24, 2.45) is 0 Å². The molecule has 0 bridgehead atoms. The van der Waals surface area contributed by atoms with Gasteiger partial charge in [-0.25, -0.2) is 0 Å². The lowest BCUT2D eigenvalue weighted by atomic mass is 10.1. The minimum absolute atomic E-state index is 0.549. The molecule has 4 heterocycles. The van der Waals surface area contributed by atoms with Gasteiger partial charge in [0.25, 0.3) is 0 Å². The smallest absolute Gasteiger partial charge is 0.440 e. The van der Waals surface area contributed by atoms with Crippen molar-refractivity contribution in [3.8, 4) is 45.4 Å². The Morgan fingerprint density at radius 2 is 1.02 bits per heavy atom. The molecule has 1 aliphatic rings. The average molecular weight is 675 g/mol. The molecule has 5 aromatic carbocycles. The summed E-state index contributed by atoms with van der Waals surface area (Å²) in [6.45, 7) is 0. The molecular weight excluding hydrogens is 643 g/mol. The molecule has 0 fully saturated rings. The molecule has 0 saturated heterocycles. The van der Waals surface area contributed by atoms with E-state index in [1.807, 2.05) is 96.1 Å². The largest absolute Gasteiger partial charge is 0.447 e. The van der Waals surface area contributed by atoms with E-state index in [0.717, 1.165) is 50.7 Å². The fourth-order valence-corrected chi connectivity index (χ4v) is 6.55. The van der Waals surface area contributed by atoms with Crippen LogP contribution in [0.25, 0.3) is 22.3 Å². The SMILES string of the molecule is c1ccc(N(c2cccc(-c3cccnc3)c2)c2cccc3c2Oc2ccc[n+](N(c4ccccc4)c4cccc(-c5cccnc5)c4)c2O3)cc1. The van der Waals surface area contributed by atoms with Crippen LogP contribution in [-0.2, 0) is 0 Å². The van der Waals surface area contributed by atoms with E-state index in [-0.39, 0.29) is 0 Å². The van der Waals surface area contributed by atoms with Gasteiger partial charge in [-0.1, -0.05) is 78.9 Å². The lowest BCUT2D eigenvalue weighted by Gasteiger charge is -2.30. The Hall–Kier alpha value is -7.25. The minimum atomic E-state index is 0.549. The molecule has 9 rings (SSSR count). The third kappa shape index (κ3) is 5.86. The zero-order valence-corrected chi connectivity index (χ0v) is 28.0. The van der Waals surface area contributed by atoms with Crippen molar-refractivity contribution in [1.29, 1.82) is 0 Å². The molecule has 0 saturated carbocycles. The molecule has 7 heteroatoms. The van der Waals surface area contributed by atoms with Crippen molar-refractivity contribution in [3.05, 3.63) is 195 Å². The Balaban J connectivity index is 1.15. The van der Waals surface area contributed by atoms with Gasteiger partial charge < -0.3 is 14.4 Å². The molecule has 0 amide bonds. The number of benzene rings is 5. The summed E-state index contributed by atoms with van der Waals surface area (Å²) >= 11 is 0. The second kappa shape index (κ2) is 13.6. The topological polar surface area (TPSA) is 54.6 Å². The maximum absolute atomic E-state index is 6.87. The Morgan fingerprint density at radius 3 is 1.69 bits per heavy atom. The number of ether oxygens (including phenoxy) is 2. The van der Waals surface area contributed by atoms with Crippen LogP contribution < -0.4 is 24.1 Å². The molecule has 0 spiro atoms. The lowest BCUT2D eigenvalue weighted by molar-refractivity contribution is -0.680. The van der Waals surface area contributed by atoms with E-state index in [4.69, 9.17) is 9.47 Å². The molecule has 0 aliphatic carbocycles. The highest BCUT2D eigenvalue weighted by Crippen LogP contribution is 2.52. The van der Waals surface area contributed by atoms with Crippen LogP contribution >= 0.6 is 0 Å². The summed E-state index contributed by atoms with van der Waals surface area (Å²) in [5.74, 6) is 2.36. The number of pyridine rings is 3. The van der Waals surface area contributed by atoms with Crippen LogP contribution in [0.2, 0.25) is 0 Å². The van der Waals surface area contributed by atoms with E-state index < -0.39 is 0 Å². The van der Waals surface area contributed by atoms with E-state index in [9.17, 15) is 0 Å². The highest BCUT2D eigenvalue weighted by molar-refractivity contribution is 5.84. The van der Waals surface area contributed by atoms with Crippen LogP contribution in [0.5, 0.6) is 23.1 Å². The van der Waals surface area contributed by atoms with Crippen molar-refractivity contribution >= 4 is 28.4 Å². The number of hydrogen-bond donors (Lipinski definition) is 0. The quantitative estimate of drug-likeness (QED) is 0.150. The Labute approximate surface area is 301 Å².